The van der Waals surface area contributed by atoms with E-state index >= 15 is 0 Å². The molecule has 8 heteroatoms. The van der Waals surface area contributed by atoms with Crippen molar-refractivity contribution in [1.29, 1.82) is 0 Å². The molecule has 0 spiro atoms. The molecule has 114 valence electrons. The molecule has 0 saturated heterocycles. The number of hydrogen-bond donors (Lipinski definition) is 0. The minimum atomic E-state index is -0.482. The Labute approximate surface area is 131 Å². The maximum atomic E-state index is 11.7. The molecule has 22 heavy (non-hydrogen) atoms. The molecular formula is C14H14N4O3S. The van der Waals surface area contributed by atoms with Crippen LogP contribution in [0.3, 0.4) is 0 Å². The molecule has 1 aromatic carbocycles. The number of fused-ring (bicyclic) bond motifs is 1. The number of methoxy groups -OCH3 is 1. The van der Waals surface area contributed by atoms with Gasteiger partial charge in [0.25, 0.3) is 0 Å². The number of benzene rings is 1. The largest absolute Gasteiger partial charge is 0.486 e. The fourth-order valence-electron chi connectivity index (χ4n) is 1.95. The third-order valence-corrected chi connectivity index (χ3v) is 4.30. The predicted octanol–water partition coefficient (Wildman–Crippen LogP) is 1.73. The Morgan fingerprint density at radius 2 is 2.09 bits per heavy atom. The van der Waals surface area contributed by atoms with Crippen LogP contribution in [0.4, 0.5) is 0 Å². The number of carbonyl (C=O) groups excluding carboxylic acids is 1. The quantitative estimate of drug-likeness (QED) is 0.799. The summed E-state index contributed by atoms with van der Waals surface area (Å²) >= 11 is 1.27. The SMILES string of the molecule is COC(=O)C1Sc2nnc(COc3ccccc3)n2N=C1C. The first-order valence-electron chi connectivity index (χ1n) is 6.61. The first-order chi connectivity index (χ1) is 10.7. The lowest BCUT2D eigenvalue weighted by atomic mass is 10.3. The van der Waals surface area contributed by atoms with Crippen LogP contribution in [-0.4, -0.2) is 38.9 Å². The Morgan fingerprint density at radius 3 is 2.82 bits per heavy atom. The van der Waals surface area contributed by atoms with Gasteiger partial charge in [-0.05, 0) is 19.1 Å². The number of esters is 1. The first kappa shape index (κ1) is 14.6. The zero-order chi connectivity index (χ0) is 15.5. The minimum Gasteiger partial charge on any atom is -0.486 e. The van der Waals surface area contributed by atoms with Gasteiger partial charge in [-0.25, -0.2) is 0 Å². The van der Waals surface area contributed by atoms with Crippen LogP contribution >= 0.6 is 11.8 Å². The van der Waals surface area contributed by atoms with Gasteiger partial charge in [-0.3, -0.25) is 4.79 Å². The highest BCUT2D eigenvalue weighted by Crippen LogP contribution is 2.29. The second-order valence-corrected chi connectivity index (χ2v) is 5.65. The molecule has 2 heterocycles. The maximum absolute atomic E-state index is 11.7. The lowest BCUT2D eigenvalue weighted by Gasteiger charge is -2.18. The van der Waals surface area contributed by atoms with Crippen molar-refractivity contribution in [2.24, 2.45) is 5.10 Å². The molecule has 1 aliphatic rings. The van der Waals surface area contributed by atoms with Gasteiger partial charge in [0.1, 0.15) is 17.6 Å². The average molecular weight is 318 g/mol. The van der Waals surface area contributed by atoms with Crippen molar-refractivity contribution in [1.82, 2.24) is 14.9 Å². The minimum absolute atomic E-state index is 0.247. The van der Waals surface area contributed by atoms with E-state index in [0.717, 1.165) is 5.75 Å². The summed E-state index contributed by atoms with van der Waals surface area (Å²) in [5, 5.41) is 12.6. The van der Waals surface area contributed by atoms with Gasteiger partial charge in [-0.2, -0.15) is 9.78 Å². The molecule has 0 radical (unpaired) electrons. The standard InChI is InChI=1S/C14H14N4O3S/c1-9-12(13(19)20-2)22-14-16-15-11(18(14)17-9)8-21-10-6-4-3-5-7-10/h3-7,12H,8H2,1-2H3. The van der Waals surface area contributed by atoms with Crippen LogP contribution in [0.15, 0.2) is 40.6 Å². The predicted molar refractivity (Wildman–Crippen MR) is 81.0 cm³/mol. The lowest BCUT2D eigenvalue weighted by Crippen LogP contribution is -2.30. The van der Waals surface area contributed by atoms with Gasteiger partial charge in [-0.15, -0.1) is 10.2 Å². The van der Waals surface area contributed by atoms with Crippen molar-refractivity contribution in [3.8, 4) is 5.75 Å². The summed E-state index contributed by atoms with van der Waals surface area (Å²) < 4.78 is 12.0. The van der Waals surface area contributed by atoms with E-state index in [4.69, 9.17) is 9.47 Å². The second-order valence-electron chi connectivity index (χ2n) is 4.57. The van der Waals surface area contributed by atoms with E-state index < -0.39 is 5.25 Å². The molecule has 0 N–H and O–H groups in total. The van der Waals surface area contributed by atoms with Gasteiger partial charge in [0.05, 0.1) is 12.8 Å². The monoisotopic (exact) mass is 318 g/mol. The van der Waals surface area contributed by atoms with Crippen molar-refractivity contribution in [2.45, 2.75) is 23.9 Å². The van der Waals surface area contributed by atoms with Crippen LogP contribution in [-0.2, 0) is 16.1 Å². The van der Waals surface area contributed by atoms with Gasteiger partial charge in [0, 0.05) is 0 Å². The number of carbonyl (C=O) groups is 1. The molecule has 0 fully saturated rings. The van der Waals surface area contributed by atoms with Crippen molar-refractivity contribution in [3.05, 3.63) is 36.2 Å². The lowest BCUT2D eigenvalue weighted by molar-refractivity contribution is -0.138. The summed E-state index contributed by atoms with van der Waals surface area (Å²) in [5.74, 6) is 0.980. The maximum Gasteiger partial charge on any atom is 0.325 e. The molecular weight excluding hydrogens is 304 g/mol. The van der Waals surface area contributed by atoms with Crippen molar-refractivity contribution < 1.29 is 14.3 Å². The zero-order valence-electron chi connectivity index (χ0n) is 12.1. The summed E-state index contributed by atoms with van der Waals surface area (Å²) in [6.45, 7) is 2.02. The van der Waals surface area contributed by atoms with Gasteiger partial charge < -0.3 is 9.47 Å². The van der Waals surface area contributed by atoms with Crippen LogP contribution in [0.2, 0.25) is 0 Å². The van der Waals surface area contributed by atoms with Crippen LogP contribution in [0, 0.1) is 0 Å². The molecule has 2 aromatic rings. The number of aromatic nitrogens is 3. The Kier molecular flexibility index (Phi) is 4.10. The average Bonchev–Trinajstić information content (AvgIpc) is 2.94. The molecule has 3 rings (SSSR count). The summed E-state index contributed by atoms with van der Waals surface area (Å²) in [6, 6.07) is 9.44. The normalized spacial score (nSPS) is 16.6. The molecule has 7 nitrogen and oxygen atoms in total. The van der Waals surface area contributed by atoms with Gasteiger partial charge in [0.15, 0.2) is 5.82 Å². The van der Waals surface area contributed by atoms with E-state index in [1.807, 2.05) is 30.3 Å². The molecule has 0 amide bonds. The Hall–Kier alpha value is -2.35. The highest BCUT2D eigenvalue weighted by Gasteiger charge is 2.31. The Bertz CT molecular complexity index is 714. The molecule has 1 unspecified atom stereocenters. The first-order valence-corrected chi connectivity index (χ1v) is 7.49. The number of nitrogens with zero attached hydrogens (tertiary/aromatic N) is 4. The van der Waals surface area contributed by atoms with Crippen molar-refractivity contribution in [3.63, 3.8) is 0 Å². The van der Waals surface area contributed by atoms with E-state index in [1.165, 1.54) is 18.9 Å². The molecule has 1 aromatic heterocycles. The smallest absolute Gasteiger partial charge is 0.325 e. The van der Waals surface area contributed by atoms with E-state index in [2.05, 4.69) is 15.3 Å². The second kappa shape index (κ2) is 6.18. The van der Waals surface area contributed by atoms with Crippen LogP contribution in [0.5, 0.6) is 5.75 Å². The number of para-hydroxylation sites is 1. The zero-order valence-corrected chi connectivity index (χ0v) is 12.9. The molecule has 0 bridgehead atoms. The van der Waals surface area contributed by atoms with Crippen LogP contribution in [0.25, 0.3) is 0 Å². The van der Waals surface area contributed by atoms with Gasteiger partial charge in [-0.1, -0.05) is 30.0 Å². The summed E-state index contributed by atoms with van der Waals surface area (Å²) in [6.07, 6.45) is 0. The third-order valence-electron chi connectivity index (χ3n) is 3.06. The van der Waals surface area contributed by atoms with E-state index in [9.17, 15) is 4.79 Å². The number of hydrogen-bond acceptors (Lipinski definition) is 7. The fourth-order valence-corrected chi connectivity index (χ4v) is 2.91. The van der Waals surface area contributed by atoms with Crippen molar-refractivity contribution in [2.75, 3.05) is 7.11 Å². The summed E-state index contributed by atoms with van der Waals surface area (Å²) in [5.41, 5.74) is 0.644. The number of thioether (sulfide) groups is 1. The van der Waals surface area contributed by atoms with Crippen molar-refractivity contribution >= 4 is 23.4 Å². The third kappa shape index (κ3) is 2.82. The van der Waals surface area contributed by atoms with Crippen LogP contribution < -0.4 is 4.74 Å². The van der Waals surface area contributed by atoms with Gasteiger partial charge >= 0.3 is 5.97 Å². The summed E-state index contributed by atoms with van der Waals surface area (Å²) in [4.78, 5) is 11.7. The van der Waals surface area contributed by atoms with Gasteiger partial charge in [0.2, 0.25) is 5.16 Å². The molecule has 1 aliphatic heterocycles. The Morgan fingerprint density at radius 1 is 1.32 bits per heavy atom. The molecule has 0 saturated carbocycles. The van der Waals surface area contributed by atoms with E-state index in [1.54, 1.807) is 11.6 Å². The highest BCUT2D eigenvalue weighted by molar-refractivity contribution is 8.01. The highest BCUT2D eigenvalue weighted by atomic mass is 32.2. The molecule has 1 atom stereocenters. The van der Waals surface area contributed by atoms with E-state index in [-0.39, 0.29) is 12.6 Å². The number of ether oxygens (including phenoxy) is 2. The Balaban J connectivity index is 1.77. The fraction of sp³-hybridized carbons (Fsp3) is 0.286. The molecule has 0 aliphatic carbocycles. The van der Waals surface area contributed by atoms with Crippen LogP contribution in [0.1, 0.15) is 12.7 Å². The topological polar surface area (TPSA) is 78.6 Å². The van der Waals surface area contributed by atoms with E-state index in [0.29, 0.717) is 16.7 Å². The number of rotatable bonds is 4. The summed E-state index contributed by atoms with van der Waals surface area (Å²) in [7, 11) is 1.36.